The van der Waals surface area contributed by atoms with Crippen LogP contribution >= 0.6 is 11.6 Å². The molecule has 0 radical (unpaired) electrons. The number of aromatic nitrogens is 2. The second-order valence-corrected chi connectivity index (χ2v) is 7.58. The van der Waals surface area contributed by atoms with Crippen molar-refractivity contribution >= 4 is 17.5 Å². The predicted molar refractivity (Wildman–Crippen MR) is 111 cm³/mol. The number of amides is 1. The summed E-state index contributed by atoms with van der Waals surface area (Å²) in [5.41, 5.74) is 1.34. The normalized spacial score (nSPS) is 15.2. The predicted octanol–water partition coefficient (Wildman–Crippen LogP) is 2.95. The molecule has 0 spiro atoms. The quantitative estimate of drug-likeness (QED) is 0.773. The van der Waals surface area contributed by atoms with Crippen LogP contribution in [0.25, 0.3) is 11.3 Å². The number of nitrogens with zero attached hydrogens (tertiary/aromatic N) is 3. The van der Waals surface area contributed by atoms with Crippen molar-refractivity contribution in [2.75, 3.05) is 26.2 Å². The second-order valence-electron chi connectivity index (χ2n) is 7.14. The van der Waals surface area contributed by atoms with Gasteiger partial charge in [-0.2, -0.15) is 5.10 Å². The molecule has 2 aromatic rings. The number of nitrogens with one attached hydrogen (secondary N) is 1. The minimum Gasteiger partial charge on any atom is -0.355 e. The van der Waals surface area contributed by atoms with E-state index in [0.29, 0.717) is 17.3 Å². The molecule has 0 bridgehead atoms. The Morgan fingerprint density at radius 1 is 1.00 bits per heavy atom. The Morgan fingerprint density at radius 3 is 2.43 bits per heavy atom. The molecule has 1 fully saturated rings. The van der Waals surface area contributed by atoms with Crippen molar-refractivity contribution in [3.63, 3.8) is 0 Å². The van der Waals surface area contributed by atoms with E-state index in [2.05, 4.69) is 15.3 Å². The largest absolute Gasteiger partial charge is 0.355 e. The van der Waals surface area contributed by atoms with Crippen molar-refractivity contribution in [3.8, 4) is 11.3 Å². The molecule has 7 heteroatoms. The number of carbonyl (C=O) groups is 1. The van der Waals surface area contributed by atoms with Crippen LogP contribution in [0.2, 0.25) is 5.02 Å². The molecule has 1 aromatic heterocycles. The SMILES string of the molecule is O=C(CCn1nc(-c2ccc(Cl)cc2)ccc1=O)NCCN1CCCCCC1. The van der Waals surface area contributed by atoms with E-state index in [1.807, 2.05) is 12.1 Å². The highest BCUT2D eigenvalue weighted by Crippen LogP contribution is 2.18. The van der Waals surface area contributed by atoms with Gasteiger partial charge in [0.2, 0.25) is 5.91 Å². The van der Waals surface area contributed by atoms with Crippen molar-refractivity contribution in [1.29, 1.82) is 0 Å². The topological polar surface area (TPSA) is 67.2 Å². The Hall–Kier alpha value is -2.18. The first-order chi connectivity index (χ1) is 13.6. The van der Waals surface area contributed by atoms with Crippen molar-refractivity contribution in [2.24, 2.45) is 0 Å². The molecule has 1 aliphatic rings. The van der Waals surface area contributed by atoms with E-state index in [1.54, 1.807) is 18.2 Å². The number of carbonyl (C=O) groups excluding carboxylic acids is 1. The van der Waals surface area contributed by atoms with Crippen LogP contribution in [0.5, 0.6) is 0 Å². The van der Waals surface area contributed by atoms with Crippen molar-refractivity contribution < 1.29 is 4.79 Å². The summed E-state index contributed by atoms with van der Waals surface area (Å²) in [5.74, 6) is -0.0552. The molecule has 150 valence electrons. The zero-order valence-corrected chi connectivity index (χ0v) is 16.8. The average Bonchev–Trinajstić information content (AvgIpc) is 2.97. The molecule has 1 aromatic carbocycles. The molecule has 2 heterocycles. The maximum Gasteiger partial charge on any atom is 0.266 e. The minimum atomic E-state index is -0.213. The summed E-state index contributed by atoms with van der Waals surface area (Å²) in [7, 11) is 0. The first kappa shape index (κ1) is 20.6. The third-order valence-electron chi connectivity index (χ3n) is 5.01. The van der Waals surface area contributed by atoms with Gasteiger partial charge in [0.05, 0.1) is 12.2 Å². The summed E-state index contributed by atoms with van der Waals surface area (Å²) in [6.45, 7) is 4.02. The van der Waals surface area contributed by atoms with Gasteiger partial charge < -0.3 is 10.2 Å². The molecule has 3 rings (SSSR count). The molecule has 0 aliphatic carbocycles. The highest BCUT2D eigenvalue weighted by atomic mass is 35.5. The first-order valence-electron chi connectivity index (χ1n) is 9.95. The molecule has 1 aliphatic heterocycles. The molecule has 28 heavy (non-hydrogen) atoms. The minimum absolute atomic E-state index is 0.0552. The Labute approximate surface area is 170 Å². The maximum atomic E-state index is 12.1. The fourth-order valence-electron chi connectivity index (χ4n) is 3.39. The van der Waals surface area contributed by atoms with Crippen LogP contribution in [0.15, 0.2) is 41.2 Å². The molecule has 0 saturated carbocycles. The lowest BCUT2D eigenvalue weighted by Crippen LogP contribution is -2.36. The Balaban J connectivity index is 1.49. The summed E-state index contributed by atoms with van der Waals surface area (Å²) < 4.78 is 1.35. The Bertz CT molecular complexity index is 827. The molecular formula is C21H27ClN4O2. The lowest BCUT2D eigenvalue weighted by atomic mass is 10.1. The van der Waals surface area contributed by atoms with Crippen LogP contribution in [0.4, 0.5) is 0 Å². The second kappa shape index (κ2) is 10.4. The van der Waals surface area contributed by atoms with Gasteiger partial charge in [-0.05, 0) is 44.1 Å². The van der Waals surface area contributed by atoms with Gasteiger partial charge in [0.15, 0.2) is 0 Å². The lowest BCUT2D eigenvalue weighted by Gasteiger charge is -2.19. The summed E-state index contributed by atoms with van der Waals surface area (Å²) >= 11 is 5.92. The highest BCUT2D eigenvalue weighted by molar-refractivity contribution is 6.30. The summed E-state index contributed by atoms with van der Waals surface area (Å²) in [6.07, 6.45) is 5.33. The zero-order valence-electron chi connectivity index (χ0n) is 16.1. The smallest absolute Gasteiger partial charge is 0.266 e. The van der Waals surface area contributed by atoms with Gasteiger partial charge in [-0.1, -0.05) is 36.6 Å². The van der Waals surface area contributed by atoms with Crippen LogP contribution in [-0.4, -0.2) is 46.8 Å². The lowest BCUT2D eigenvalue weighted by molar-refractivity contribution is -0.121. The number of benzene rings is 1. The van der Waals surface area contributed by atoms with Crippen molar-refractivity contribution in [1.82, 2.24) is 20.0 Å². The zero-order chi connectivity index (χ0) is 19.8. The average molecular weight is 403 g/mol. The van der Waals surface area contributed by atoms with Crippen LogP contribution in [-0.2, 0) is 11.3 Å². The standard InChI is InChI=1S/C21H27ClN4O2/c22-18-7-5-17(6-8-18)19-9-10-21(28)26(24-19)15-11-20(27)23-12-16-25-13-3-1-2-4-14-25/h5-10H,1-4,11-16H2,(H,23,27). The van der Waals surface area contributed by atoms with Crippen molar-refractivity contribution in [2.45, 2.75) is 38.6 Å². The highest BCUT2D eigenvalue weighted by Gasteiger charge is 2.10. The van der Waals surface area contributed by atoms with E-state index in [1.165, 1.54) is 36.4 Å². The molecule has 0 atom stereocenters. The summed E-state index contributed by atoms with van der Waals surface area (Å²) in [4.78, 5) is 26.6. The summed E-state index contributed by atoms with van der Waals surface area (Å²) in [6, 6.07) is 10.4. The Kier molecular flexibility index (Phi) is 7.62. The van der Waals surface area contributed by atoms with E-state index < -0.39 is 0 Å². The number of hydrogen-bond donors (Lipinski definition) is 1. The third kappa shape index (κ3) is 6.17. The number of aryl methyl sites for hydroxylation is 1. The van der Waals surface area contributed by atoms with Gasteiger partial charge in [0, 0.05) is 36.2 Å². The number of rotatable bonds is 7. The molecule has 1 saturated heterocycles. The van der Waals surface area contributed by atoms with Gasteiger partial charge in [-0.15, -0.1) is 0 Å². The van der Waals surface area contributed by atoms with Crippen molar-refractivity contribution in [3.05, 3.63) is 51.8 Å². The molecule has 0 unspecified atom stereocenters. The van der Waals surface area contributed by atoms with E-state index >= 15 is 0 Å². The first-order valence-corrected chi connectivity index (χ1v) is 10.3. The van der Waals surface area contributed by atoms with Crippen LogP contribution in [0, 0.1) is 0 Å². The van der Waals surface area contributed by atoms with Gasteiger partial charge >= 0.3 is 0 Å². The van der Waals surface area contributed by atoms with E-state index in [-0.39, 0.29) is 24.4 Å². The third-order valence-corrected chi connectivity index (χ3v) is 5.26. The van der Waals surface area contributed by atoms with Crippen LogP contribution in [0.3, 0.4) is 0 Å². The van der Waals surface area contributed by atoms with Crippen LogP contribution in [0.1, 0.15) is 32.1 Å². The molecular weight excluding hydrogens is 376 g/mol. The van der Waals surface area contributed by atoms with E-state index in [4.69, 9.17) is 11.6 Å². The van der Waals surface area contributed by atoms with Crippen LogP contribution < -0.4 is 10.9 Å². The van der Waals surface area contributed by atoms with E-state index in [9.17, 15) is 9.59 Å². The number of halogens is 1. The maximum absolute atomic E-state index is 12.1. The summed E-state index contributed by atoms with van der Waals surface area (Å²) in [5, 5.41) is 7.98. The van der Waals surface area contributed by atoms with Gasteiger partial charge in [0.1, 0.15) is 0 Å². The van der Waals surface area contributed by atoms with Gasteiger partial charge in [-0.3, -0.25) is 9.59 Å². The fraction of sp³-hybridized carbons (Fsp3) is 0.476. The molecule has 1 N–H and O–H groups in total. The van der Waals surface area contributed by atoms with Gasteiger partial charge in [-0.25, -0.2) is 4.68 Å². The Morgan fingerprint density at radius 2 is 1.71 bits per heavy atom. The van der Waals surface area contributed by atoms with E-state index in [0.717, 1.165) is 25.2 Å². The fourth-order valence-corrected chi connectivity index (χ4v) is 3.52. The molecule has 1 amide bonds. The monoisotopic (exact) mass is 402 g/mol. The van der Waals surface area contributed by atoms with Gasteiger partial charge in [0.25, 0.3) is 5.56 Å². The number of hydrogen-bond acceptors (Lipinski definition) is 4. The molecule has 6 nitrogen and oxygen atoms in total. The number of likely N-dealkylation sites (tertiary alicyclic amines) is 1.